The Kier molecular flexibility index (Phi) is 7.07. The van der Waals surface area contributed by atoms with E-state index in [1.807, 2.05) is 10.7 Å². The molecule has 2 heterocycles. The highest BCUT2D eigenvalue weighted by Gasteiger charge is 2.28. The highest BCUT2D eigenvalue weighted by molar-refractivity contribution is 6.42. The highest BCUT2D eigenvalue weighted by Crippen LogP contribution is 2.25. The zero-order chi connectivity index (χ0) is 22.0. The summed E-state index contributed by atoms with van der Waals surface area (Å²) < 4.78 is 4.04. The number of nitrogens with one attached hydrogen (secondary N) is 1. The number of nitrogens with zero attached hydrogens (tertiary/aromatic N) is 3. The Morgan fingerprint density at radius 3 is 2.45 bits per heavy atom. The van der Waals surface area contributed by atoms with Crippen molar-refractivity contribution in [2.45, 2.75) is 45.3 Å². The third kappa shape index (κ3) is 5.17. The van der Waals surface area contributed by atoms with Gasteiger partial charge in [-0.3, -0.25) is 4.79 Å². The number of Topliss-reactive ketones (excluding diaryl/α,β-unsaturated/α-hetero) is 1. The molecule has 0 unspecified atom stereocenters. The van der Waals surface area contributed by atoms with Crippen molar-refractivity contribution in [3.63, 3.8) is 0 Å². The first kappa shape index (κ1) is 22.4. The molecule has 31 heavy (non-hydrogen) atoms. The van der Waals surface area contributed by atoms with Gasteiger partial charge in [0, 0.05) is 22.8 Å². The lowest BCUT2D eigenvalue weighted by Crippen LogP contribution is -2.41. The van der Waals surface area contributed by atoms with Crippen molar-refractivity contribution in [1.82, 2.24) is 9.78 Å². The lowest BCUT2D eigenvalue weighted by atomic mass is 10.1. The summed E-state index contributed by atoms with van der Waals surface area (Å²) in [6, 6.07) is 10.4. The average Bonchev–Trinajstić information content (AvgIpc) is 2.91. The lowest BCUT2D eigenvalue weighted by Gasteiger charge is -2.06. The predicted molar refractivity (Wildman–Crippen MR) is 125 cm³/mol. The maximum atomic E-state index is 12.9. The zero-order valence-corrected chi connectivity index (χ0v) is 19.7. The van der Waals surface area contributed by atoms with Gasteiger partial charge in [-0.05, 0) is 55.7 Å². The van der Waals surface area contributed by atoms with Crippen LogP contribution in [0, 0.1) is 0 Å². The van der Waals surface area contributed by atoms with Gasteiger partial charge in [-0.2, -0.15) is 0 Å². The molecule has 9 heteroatoms. The van der Waals surface area contributed by atoms with Crippen LogP contribution in [0.15, 0.2) is 36.4 Å². The van der Waals surface area contributed by atoms with Crippen molar-refractivity contribution in [2.24, 2.45) is 0 Å². The second kappa shape index (κ2) is 9.78. The fourth-order valence-corrected chi connectivity index (χ4v) is 4.33. The monoisotopic (exact) mass is 497 g/mol. The van der Waals surface area contributed by atoms with Crippen molar-refractivity contribution >= 4 is 57.9 Å². The molecule has 0 atom stereocenters. The van der Waals surface area contributed by atoms with Crippen molar-refractivity contribution in [3.8, 4) is 0 Å². The third-order valence-electron chi connectivity index (χ3n) is 5.34. The number of anilines is 1. The maximum absolute atomic E-state index is 12.9. The molecule has 1 aliphatic heterocycles. The van der Waals surface area contributed by atoms with E-state index in [-0.39, 0.29) is 12.3 Å². The molecule has 0 amide bonds. The topological polar surface area (TPSA) is 50.8 Å². The van der Waals surface area contributed by atoms with Gasteiger partial charge in [-0.15, -0.1) is 4.68 Å². The number of aromatic nitrogens is 3. The molecule has 0 radical (unpaired) electrons. The number of fused-ring (bicyclic) bond motifs is 1. The number of hydrogen-bond acceptors (Lipinski definition) is 3. The summed E-state index contributed by atoms with van der Waals surface area (Å²) in [6.07, 6.45) is 4.20. The smallest absolute Gasteiger partial charge is 0.296 e. The molecule has 0 bridgehead atoms. The predicted octanol–water partition coefficient (Wildman–Crippen LogP) is 6.01. The van der Waals surface area contributed by atoms with Crippen LogP contribution >= 0.6 is 46.4 Å². The second-order valence-electron chi connectivity index (χ2n) is 7.49. The van der Waals surface area contributed by atoms with Crippen LogP contribution in [-0.2, 0) is 26.1 Å². The Labute approximate surface area is 200 Å². The molecule has 0 aliphatic carbocycles. The van der Waals surface area contributed by atoms with Crippen LogP contribution in [0.25, 0.3) is 0 Å². The van der Waals surface area contributed by atoms with Gasteiger partial charge in [-0.25, -0.2) is 4.57 Å². The fourth-order valence-electron chi connectivity index (χ4n) is 3.73. The van der Waals surface area contributed by atoms with E-state index in [0.29, 0.717) is 32.2 Å². The van der Waals surface area contributed by atoms with Gasteiger partial charge in [-0.1, -0.05) is 46.4 Å². The Balaban J connectivity index is 1.57. The van der Waals surface area contributed by atoms with Crippen LogP contribution in [0.5, 0.6) is 0 Å². The fraction of sp³-hybridized carbons (Fsp3) is 0.318. The summed E-state index contributed by atoms with van der Waals surface area (Å²) in [5.41, 5.74) is 1.38. The van der Waals surface area contributed by atoms with E-state index in [1.54, 1.807) is 30.3 Å². The van der Waals surface area contributed by atoms with E-state index in [0.717, 1.165) is 49.6 Å². The van der Waals surface area contributed by atoms with Crippen molar-refractivity contribution in [3.05, 3.63) is 73.7 Å². The SMILES string of the molecule is O=C(Cn1nc(CNc2ccc(Cl)c(Cl)c2)[n+]2c1CCCCC2)c1ccc(Cl)c(Cl)c1. The van der Waals surface area contributed by atoms with E-state index in [4.69, 9.17) is 51.5 Å². The molecule has 5 nitrogen and oxygen atoms in total. The second-order valence-corrected chi connectivity index (χ2v) is 9.12. The van der Waals surface area contributed by atoms with Crippen molar-refractivity contribution in [1.29, 1.82) is 0 Å². The number of rotatable bonds is 6. The van der Waals surface area contributed by atoms with Gasteiger partial charge < -0.3 is 5.32 Å². The van der Waals surface area contributed by atoms with Gasteiger partial charge in [0.05, 0.1) is 26.6 Å². The van der Waals surface area contributed by atoms with Crippen LogP contribution in [0.3, 0.4) is 0 Å². The maximum Gasteiger partial charge on any atom is 0.296 e. The number of carbonyl (C=O) groups is 1. The summed E-state index contributed by atoms with van der Waals surface area (Å²) in [5.74, 6) is 1.89. The van der Waals surface area contributed by atoms with E-state index in [1.165, 1.54) is 0 Å². The molecule has 0 fully saturated rings. The molecule has 0 saturated carbocycles. The van der Waals surface area contributed by atoms with Crippen LogP contribution in [0.1, 0.15) is 41.3 Å². The number of benzene rings is 2. The van der Waals surface area contributed by atoms with Gasteiger partial charge >= 0.3 is 0 Å². The quantitative estimate of drug-likeness (QED) is 0.334. The number of ketones is 1. The minimum absolute atomic E-state index is 0.0577. The molecule has 162 valence electrons. The number of carbonyl (C=O) groups excluding carboxylic acids is 1. The van der Waals surface area contributed by atoms with E-state index >= 15 is 0 Å². The van der Waals surface area contributed by atoms with Gasteiger partial charge in [0.25, 0.3) is 5.82 Å². The van der Waals surface area contributed by atoms with E-state index in [2.05, 4.69) is 9.88 Å². The zero-order valence-electron chi connectivity index (χ0n) is 16.7. The molecule has 1 aromatic heterocycles. The minimum atomic E-state index is -0.0577. The van der Waals surface area contributed by atoms with E-state index in [9.17, 15) is 4.79 Å². The van der Waals surface area contributed by atoms with Crippen molar-refractivity contribution < 1.29 is 9.36 Å². The number of hydrogen-bond donors (Lipinski definition) is 1. The van der Waals surface area contributed by atoms with Crippen LogP contribution in [0.4, 0.5) is 5.69 Å². The lowest BCUT2D eigenvalue weighted by molar-refractivity contribution is -0.710. The molecule has 3 aromatic rings. The normalized spacial score (nSPS) is 13.5. The van der Waals surface area contributed by atoms with Crippen LogP contribution in [0.2, 0.25) is 20.1 Å². The molecule has 0 saturated heterocycles. The van der Waals surface area contributed by atoms with Gasteiger partial charge in [0.1, 0.15) is 6.54 Å². The Morgan fingerprint density at radius 1 is 0.968 bits per heavy atom. The molecule has 4 rings (SSSR count). The first-order chi connectivity index (χ1) is 14.9. The van der Waals surface area contributed by atoms with E-state index < -0.39 is 0 Å². The van der Waals surface area contributed by atoms with Gasteiger partial charge in [0.15, 0.2) is 12.3 Å². The minimum Gasteiger partial charge on any atom is -0.375 e. The summed E-state index contributed by atoms with van der Waals surface area (Å²) in [6.45, 7) is 1.55. The molecule has 2 aromatic carbocycles. The van der Waals surface area contributed by atoms with Gasteiger partial charge in [0.2, 0.25) is 5.82 Å². The Hall–Kier alpha value is -1.79. The molecule has 1 N–H and O–H groups in total. The Bertz CT molecular complexity index is 1130. The molecule has 0 spiro atoms. The van der Waals surface area contributed by atoms with Crippen LogP contribution in [-0.4, -0.2) is 15.6 Å². The highest BCUT2D eigenvalue weighted by atomic mass is 35.5. The van der Waals surface area contributed by atoms with Crippen LogP contribution < -0.4 is 9.88 Å². The largest absolute Gasteiger partial charge is 0.375 e. The molecular weight excluding hydrogens is 478 g/mol. The first-order valence-corrected chi connectivity index (χ1v) is 11.6. The Morgan fingerprint density at radius 2 is 1.71 bits per heavy atom. The standard InChI is InChI=1S/C22H21Cl4N4O/c23-16-7-5-14(10-18(16)25)20(31)13-30-22-4-2-1-3-9-29(22)21(28-30)12-27-15-6-8-17(24)19(26)11-15/h5-8,10-11,27H,1-4,9,12-13H2/q+1. The average molecular weight is 499 g/mol. The summed E-state index contributed by atoms with van der Waals surface area (Å²) in [5, 5.41) is 9.93. The molecule has 1 aliphatic rings. The molecular formula is C22H21Cl4N4O+. The first-order valence-electron chi connectivity index (χ1n) is 10.1. The summed E-state index contributed by atoms with van der Waals surface area (Å²) >= 11 is 24.2. The van der Waals surface area contributed by atoms with Crippen molar-refractivity contribution in [2.75, 3.05) is 5.32 Å². The third-order valence-corrected chi connectivity index (χ3v) is 6.82. The summed E-state index contributed by atoms with van der Waals surface area (Å²) in [4.78, 5) is 12.9. The number of halogens is 4. The summed E-state index contributed by atoms with van der Waals surface area (Å²) in [7, 11) is 0.